The smallest absolute Gasteiger partial charge is 0.307 e. The van der Waals surface area contributed by atoms with Gasteiger partial charge in [-0.3, -0.25) is 4.79 Å². The van der Waals surface area contributed by atoms with Gasteiger partial charge < -0.3 is 14.4 Å². The topological polar surface area (TPSA) is 51.7 Å². The summed E-state index contributed by atoms with van der Waals surface area (Å²) < 4.78 is 23.1. The average molecular weight is 256 g/mol. The molecule has 0 atom stereocenters. The van der Waals surface area contributed by atoms with Crippen molar-refractivity contribution in [2.24, 2.45) is 0 Å². The number of carbonyl (C=O) groups excluding carboxylic acids is 1. The normalized spacial score (nSPS) is 10.2. The predicted molar refractivity (Wildman–Crippen MR) is 64.9 cm³/mol. The minimum absolute atomic E-state index is 0.177. The van der Waals surface area contributed by atoms with Gasteiger partial charge in [0.1, 0.15) is 0 Å². The summed E-state index contributed by atoms with van der Waals surface area (Å²) in [6, 6.07) is 2.86. The van der Waals surface area contributed by atoms with Gasteiger partial charge in [-0.25, -0.2) is 9.37 Å². The fourth-order valence-corrected chi connectivity index (χ4v) is 1.46. The van der Waals surface area contributed by atoms with Crippen molar-refractivity contribution in [1.82, 2.24) is 4.98 Å². The van der Waals surface area contributed by atoms with Gasteiger partial charge in [-0.2, -0.15) is 0 Å². The van der Waals surface area contributed by atoms with Crippen LogP contribution < -0.4 is 4.90 Å². The van der Waals surface area contributed by atoms with Crippen LogP contribution in [0.1, 0.15) is 6.42 Å². The maximum atomic E-state index is 13.6. The molecule has 100 valence electrons. The highest BCUT2D eigenvalue weighted by atomic mass is 19.1. The molecular formula is C12H17FN2O3. The van der Waals surface area contributed by atoms with E-state index >= 15 is 0 Å². The van der Waals surface area contributed by atoms with Crippen molar-refractivity contribution < 1.29 is 18.7 Å². The predicted octanol–water partition coefficient (Wildman–Crippen LogP) is 1.24. The summed E-state index contributed by atoms with van der Waals surface area (Å²) in [4.78, 5) is 16.8. The Kier molecular flexibility index (Phi) is 6.07. The minimum atomic E-state index is -0.418. The molecule has 1 heterocycles. The van der Waals surface area contributed by atoms with E-state index in [-0.39, 0.29) is 18.2 Å². The van der Waals surface area contributed by atoms with Gasteiger partial charge in [0, 0.05) is 26.4 Å². The third kappa shape index (κ3) is 4.29. The molecule has 0 bridgehead atoms. The standard InChI is InChI=1S/C12H17FN2O3/c1-17-9-8-15(7-5-11(16)18-2)12-10(13)4-3-6-14-12/h3-4,6H,5,7-9H2,1-2H3. The van der Waals surface area contributed by atoms with Gasteiger partial charge in [-0.1, -0.05) is 0 Å². The van der Waals surface area contributed by atoms with Gasteiger partial charge in [-0.15, -0.1) is 0 Å². The highest BCUT2D eigenvalue weighted by Crippen LogP contribution is 2.15. The molecule has 0 N–H and O–H groups in total. The molecule has 0 amide bonds. The number of hydrogen-bond donors (Lipinski definition) is 0. The first kappa shape index (κ1) is 14.4. The summed E-state index contributed by atoms with van der Waals surface area (Å²) in [5, 5.41) is 0. The molecule has 0 aliphatic carbocycles. The van der Waals surface area contributed by atoms with E-state index in [2.05, 4.69) is 9.72 Å². The fraction of sp³-hybridized carbons (Fsp3) is 0.500. The van der Waals surface area contributed by atoms with Crippen LogP contribution in [0.3, 0.4) is 0 Å². The van der Waals surface area contributed by atoms with Crippen molar-refractivity contribution in [3.8, 4) is 0 Å². The third-order valence-electron chi connectivity index (χ3n) is 2.42. The van der Waals surface area contributed by atoms with Crippen LogP contribution >= 0.6 is 0 Å². The minimum Gasteiger partial charge on any atom is -0.469 e. The van der Waals surface area contributed by atoms with Gasteiger partial charge >= 0.3 is 5.97 Å². The van der Waals surface area contributed by atoms with Crippen LogP contribution in [-0.2, 0) is 14.3 Å². The number of halogens is 1. The summed E-state index contributed by atoms with van der Waals surface area (Å²) in [6.07, 6.45) is 1.69. The lowest BCUT2D eigenvalue weighted by Gasteiger charge is -2.23. The Balaban J connectivity index is 2.71. The summed E-state index contributed by atoms with van der Waals surface area (Å²) in [5.74, 6) is -0.536. The largest absolute Gasteiger partial charge is 0.469 e. The van der Waals surface area contributed by atoms with Crippen LogP contribution in [0.2, 0.25) is 0 Å². The monoisotopic (exact) mass is 256 g/mol. The lowest BCUT2D eigenvalue weighted by atomic mass is 10.3. The van der Waals surface area contributed by atoms with Crippen LogP contribution in [0, 0.1) is 5.82 Å². The van der Waals surface area contributed by atoms with Gasteiger partial charge in [0.2, 0.25) is 0 Å². The molecule has 0 saturated carbocycles. The van der Waals surface area contributed by atoms with Crippen molar-refractivity contribution in [2.45, 2.75) is 6.42 Å². The van der Waals surface area contributed by atoms with Gasteiger partial charge in [0.05, 0.1) is 20.1 Å². The molecule has 0 spiro atoms. The van der Waals surface area contributed by atoms with Gasteiger partial charge in [-0.05, 0) is 12.1 Å². The highest BCUT2D eigenvalue weighted by Gasteiger charge is 2.14. The zero-order valence-electron chi connectivity index (χ0n) is 10.6. The van der Waals surface area contributed by atoms with Crippen molar-refractivity contribution >= 4 is 11.8 Å². The molecule has 0 fully saturated rings. The van der Waals surface area contributed by atoms with Crippen LogP contribution in [0.15, 0.2) is 18.3 Å². The molecule has 6 heteroatoms. The number of anilines is 1. The van der Waals surface area contributed by atoms with Gasteiger partial charge in [0.25, 0.3) is 0 Å². The van der Waals surface area contributed by atoms with Crippen molar-refractivity contribution in [3.05, 3.63) is 24.1 Å². The Bertz CT molecular complexity index is 387. The number of pyridine rings is 1. The summed E-state index contributed by atoms with van der Waals surface area (Å²) in [7, 11) is 2.89. The average Bonchev–Trinajstić information content (AvgIpc) is 2.39. The molecule has 5 nitrogen and oxygen atoms in total. The molecule has 1 aromatic rings. The van der Waals surface area contributed by atoms with Crippen molar-refractivity contribution in [2.75, 3.05) is 38.8 Å². The molecule has 1 aromatic heterocycles. The SMILES string of the molecule is COCCN(CCC(=O)OC)c1ncccc1F. The van der Waals surface area contributed by atoms with E-state index in [4.69, 9.17) is 4.74 Å². The number of rotatable bonds is 7. The van der Waals surface area contributed by atoms with Crippen LogP contribution in [0.25, 0.3) is 0 Å². The number of hydrogen-bond acceptors (Lipinski definition) is 5. The molecule has 0 aromatic carbocycles. The maximum absolute atomic E-state index is 13.6. The molecule has 0 radical (unpaired) electrons. The number of methoxy groups -OCH3 is 2. The van der Waals surface area contributed by atoms with E-state index < -0.39 is 5.82 Å². The number of aromatic nitrogens is 1. The van der Waals surface area contributed by atoms with Crippen LogP contribution in [-0.4, -0.2) is 44.9 Å². The molecule has 0 aliphatic rings. The van der Waals surface area contributed by atoms with E-state index in [1.54, 1.807) is 12.0 Å². The summed E-state index contributed by atoms with van der Waals surface area (Å²) in [5.41, 5.74) is 0. The maximum Gasteiger partial charge on any atom is 0.307 e. The zero-order valence-corrected chi connectivity index (χ0v) is 10.6. The Hall–Kier alpha value is -1.69. The van der Waals surface area contributed by atoms with Crippen LogP contribution in [0.4, 0.5) is 10.2 Å². The second-order valence-corrected chi connectivity index (χ2v) is 3.61. The van der Waals surface area contributed by atoms with Crippen LogP contribution in [0.5, 0.6) is 0 Å². The molecule has 0 unspecified atom stereocenters. The first-order valence-corrected chi connectivity index (χ1v) is 5.60. The number of ether oxygens (including phenoxy) is 2. The zero-order chi connectivity index (χ0) is 13.4. The first-order chi connectivity index (χ1) is 8.69. The number of carbonyl (C=O) groups is 1. The lowest BCUT2D eigenvalue weighted by molar-refractivity contribution is -0.140. The summed E-state index contributed by atoms with van der Waals surface area (Å²) in [6.45, 7) is 1.22. The molecular weight excluding hydrogens is 239 g/mol. The Morgan fingerprint density at radius 3 is 2.83 bits per heavy atom. The Morgan fingerprint density at radius 2 is 2.22 bits per heavy atom. The Morgan fingerprint density at radius 1 is 1.44 bits per heavy atom. The lowest BCUT2D eigenvalue weighted by Crippen LogP contribution is -2.31. The van der Waals surface area contributed by atoms with Crippen molar-refractivity contribution in [1.29, 1.82) is 0 Å². The molecule has 0 saturated heterocycles. The third-order valence-corrected chi connectivity index (χ3v) is 2.42. The first-order valence-electron chi connectivity index (χ1n) is 5.60. The highest BCUT2D eigenvalue weighted by molar-refractivity contribution is 5.69. The second-order valence-electron chi connectivity index (χ2n) is 3.61. The van der Waals surface area contributed by atoms with E-state index in [1.165, 1.54) is 25.4 Å². The quantitative estimate of drug-likeness (QED) is 0.687. The summed E-state index contributed by atoms with van der Waals surface area (Å²) >= 11 is 0. The second kappa shape index (κ2) is 7.60. The van der Waals surface area contributed by atoms with E-state index in [1.807, 2.05) is 0 Å². The molecule has 0 aliphatic heterocycles. The van der Waals surface area contributed by atoms with E-state index in [9.17, 15) is 9.18 Å². The number of esters is 1. The fourth-order valence-electron chi connectivity index (χ4n) is 1.46. The van der Waals surface area contributed by atoms with E-state index in [0.29, 0.717) is 19.7 Å². The van der Waals surface area contributed by atoms with E-state index in [0.717, 1.165) is 0 Å². The van der Waals surface area contributed by atoms with Gasteiger partial charge in [0.15, 0.2) is 11.6 Å². The van der Waals surface area contributed by atoms with Crippen molar-refractivity contribution in [3.63, 3.8) is 0 Å². The number of nitrogens with zero attached hydrogens (tertiary/aromatic N) is 2. The Labute approximate surface area is 106 Å². The molecule has 18 heavy (non-hydrogen) atoms. The molecule has 1 rings (SSSR count).